The van der Waals surface area contributed by atoms with E-state index in [1.54, 1.807) is 10.9 Å². The SMILES string of the molecule is O=C(NCc1ccccc1)c1cn(CC2CCCN2C(=O)C2CC2)nn1. The number of nitrogens with one attached hydrogen (secondary N) is 1. The molecule has 1 aromatic carbocycles. The van der Waals surface area contributed by atoms with Gasteiger partial charge in [-0.15, -0.1) is 5.10 Å². The minimum absolute atomic E-state index is 0.157. The van der Waals surface area contributed by atoms with Crippen molar-refractivity contribution < 1.29 is 9.59 Å². The molecule has 136 valence electrons. The molecule has 7 heteroatoms. The van der Waals surface area contributed by atoms with Crippen LogP contribution in [0.15, 0.2) is 36.5 Å². The molecule has 0 bridgehead atoms. The summed E-state index contributed by atoms with van der Waals surface area (Å²) in [6.07, 6.45) is 5.72. The van der Waals surface area contributed by atoms with E-state index in [1.165, 1.54) is 0 Å². The average molecular weight is 353 g/mol. The van der Waals surface area contributed by atoms with E-state index in [-0.39, 0.29) is 23.8 Å². The molecule has 2 heterocycles. The second-order valence-corrected chi connectivity index (χ2v) is 7.10. The number of amides is 2. The molecule has 2 aliphatic rings. The summed E-state index contributed by atoms with van der Waals surface area (Å²) in [6, 6.07) is 9.90. The number of likely N-dealkylation sites (tertiary alicyclic amines) is 1. The highest BCUT2D eigenvalue weighted by atomic mass is 16.2. The lowest BCUT2D eigenvalue weighted by molar-refractivity contribution is -0.133. The zero-order valence-corrected chi connectivity index (χ0v) is 14.7. The van der Waals surface area contributed by atoms with Gasteiger partial charge in [0.15, 0.2) is 5.69 Å². The third-order valence-corrected chi connectivity index (χ3v) is 5.05. The molecular weight excluding hydrogens is 330 g/mol. The molecule has 7 nitrogen and oxygen atoms in total. The van der Waals surface area contributed by atoms with Crippen LogP contribution in [0.2, 0.25) is 0 Å². The maximum Gasteiger partial charge on any atom is 0.273 e. The number of hydrogen-bond donors (Lipinski definition) is 1. The number of hydrogen-bond acceptors (Lipinski definition) is 4. The third kappa shape index (κ3) is 3.76. The highest BCUT2D eigenvalue weighted by Gasteiger charge is 2.38. The first kappa shape index (κ1) is 16.8. The van der Waals surface area contributed by atoms with Gasteiger partial charge < -0.3 is 10.2 Å². The van der Waals surface area contributed by atoms with Gasteiger partial charge in [-0.05, 0) is 31.2 Å². The summed E-state index contributed by atoms with van der Waals surface area (Å²) in [6.45, 7) is 1.88. The van der Waals surface area contributed by atoms with Gasteiger partial charge in [0.1, 0.15) is 0 Å². The number of rotatable bonds is 6. The monoisotopic (exact) mass is 353 g/mol. The summed E-state index contributed by atoms with van der Waals surface area (Å²) >= 11 is 0. The Morgan fingerprint density at radius 1 is 1.15 bits per heavy atom. The topological polar surface area (TPSA) is 80.1 Å². The lowest BCUT2D eigenvalue weighted by Gasteiger charge is -2.24. The van der Waals surface area contributed by atoms with Crippen LogP contribution in [0.1, 0.15) is 41.7 Å². The zero-order chi connectivity index (χ0) is 17.9. The Kier molecular flexibility index (Phi) is 4.69. The van der Waals surface area contributed by atoms with Gasteiger partial charge in [0.25, 0.3) is 5.91 Å². The van der Waals surface area contributed by atoms with E-state index in [0.29, 0.717) is 18.8 Å². The van der Waals surface area contributed by atoms with Gasteiger partial charge >= 0.3 is 0 Å². The standard InChI is InChI=1S/C19H23N5O2/c25-18(20-11-14-5-2-1-3-6-14)17-13-23(22-21-17)12-16-7-4-10-24(16)19(26)15-8-9-15/h1-3,5-6,13,15-16H,4,7-12H2,(H,20,25). The fraction of sp³-hybridized carbons (Fsp3) is 0.474. The van der Waals surface area contributed by atoms with Crippen molar-refractivity contribution in [3.63, 3.8) is 0 Å². The molecule has 4 rings (SSSR count). The zero-order valence-electron chi connectivity index (χ0n) is 14.7. The van der Waals surface area contributed by atoms with Crippen molar-refractivity contribution in [2.45, 2.75) is 44.8 Å². The fourth-order valence-corrected chi connectivity index (χ4v) is 3.46. The molecule has 2 aromatic rings. The number of nitrogens with zero attached hydrogens (tertiary/aromatic N) is 4. The first-order valence-electron chi connectivity index (χ1n) is 9.23. The van der Waals surface area contributed by atoms with E-state index >= 15 is 0 Å². The Labute approximate surface area is 152 Å². The molecule has 1 saturated heterocycles. The summed E-state index contributed by atoms with van der Waals surface area (Å²) in [4.78, 5) is 26.6. The Hall–Kier alpha value is -2.70. The van der Waals surface area contributed by atoms with E-state index < -0.39 is 0 Å². The number of carbonyl (C=O) groups is 2. The van der Waals surface area contributed by atoms with Gasteiger partial charge in [-0.1, -0.05) is 35.5 Å². The molecule has 2 amide bonds. The summed E-state index contributed by atoms with van der Waals surface area (Å²) in [5, 5.41) is 10.9. The Bertz CT molecular complexity index is 784. The molecule has 1 aliphatic carbocycles. The van der Waals surface area contributed by atoms with Gasteiger partial charge in [-0.25, -0.2) is 4.68 Å². The van der Waals surface area contributed by atoms with Crippen LogP contribution in [0.25, 0.3) is 0 Å². The van der Waals surface area contributed by atoms with Crippen molar-refractivity contribution in [3.05, 3.63) is 47.8 Å². The van der Waals surface area contributed by atoms with Crippen LogP contribution in [-0.2, 0) is 17.9 Å². The van der Waals surface area contributed by atoms with Crippen molar-refractivity contribution in [2.24, 2.45) is 5.92 Å². The first-order valence-corrected chi connectivity index (χ1v) is 9.23. The minimum atomic E-state index is -0.238. The van der Waals surface area contributed by atoms with Gasteiger partial charge in [0.2, 0.25) is 5.91 Å². The summed E-state index contributed by atoms with van der Waals surface area (Å²) in [7, 11) is 0. The van der Waals surface area contributed by atoms with Crippen molar-refractivity contribution in [1.82, 2.24) is 25.2 Å². The first-order chi connectivity index (χ1) is 12.7. The molecule has 1 saturated carbocycles. The Morgan fingerprint density at radius 3 is 2.73 bits per heavy atom. The predicted molar refractivity (Wildman–Crippen MR) is 95.1 cm³/mol. The molecule has 1 unspecified atom stereocenters. The van der Waals surface area contributed by atoms with Crippen molar-refractivity contribution in [3.8, 4) is 0 Å². The molecule has 1 N–H and O–H groups in total. The van der Waals surface area contributed by atoms with Crippen LogP contribution in [0.3, 0.4) is 0 Å². The van der Waals surface area contributed by atoms with Crippen LogP contribution in [0.5, 0.6) is 0 Å². The van der Waals surface area contributed by atoms with Crippen molar-refractivity contribution in [1.29, 1.82) is 0 Å². The van der Waals surface area contributed by atoms with Gasteiger partial charge in [0, 0.05) is 19.0 Å². The summed E-state index contributed by atoms with van der Waals surface area (Å²) in [5.41, 5.74) is 1.34. The summed E-state index contributed by atoms with van der Waals surface area (Å²) in [5.74, 6) is 0.288. The molecule has 2 fully saturated rings. The maximum absolute atomic E-state index is 12.4. The second-order valence-electron chi connectivity index (χ2n) is 7.10. The normalized spacial score (nSPS) is 19.5. The molecule has 0 spiro atoms. The quantitative estimate of drug-likeness (QED) is 0.856. The number of carbonyl (C=O) groups excluding carboxylic acids is 2. The lowest BCUT2D eigenvalue weighted by Crippen LogP contribution is -2.39. The van der Waals surface area contributed by atoms with Crippen LogP contribution in [0, 0.1) is 5.92 Å². The average Bonchev–Trinajstić information content (AvgIpc) is 3.24. The largest absolute Gasteiger partial charge is 0.347 e. The van der Waals surface area contributed by atoms with Crippen LogP contribution in [-0.4, -0.2) is 44.3 Å². The van der Waals surface area contributed by atoms with E-state index in [0.717, 1.165) is 37.8 Å². The summed E-state index contributed by atoms with van der Waals surface area (Å²) < 4.78 is 1.68. The van der Waals surface area contributed by atoms with Crippen molar-refractivity contribution >= 4 is 11.8 Å². The fourth-order valence-electron chi connectivity index (χ4n) is 3.46. The Balaban J connectivity index is 1.33. The molecule has 1 atom stereocenters. The smallest absolute Gasteiger partial charge is 0.273 e. The molecule has 1 aromatic heterocycles. The maximum atomic E-state index is 12.4. The number of benzene rings is 1. The van der Waals surface area contributed by atoms with Crippen LogP contribution in [0.4, 0.5) is 0 Å². The highest BCUT2D eigenvalue weighted by Crippen LogP contribution is 2.33. The van der Waals surface area contributed by atoms with E-state index in [2.05, 4.69) is 15.6 Å². The van der Waals surface area contributed by atoms with Crippen LogP contribution >= 0.6 is 0 Å². The van der Waals surface area contributed by atoms with Gasteiger partial charge in [-0.2, -0.15) is 0 Å². The molecule has 0 radical (unpaired) electrons. The predicted octanol–water partition coefficient (Wildman–Crippen LogP) is 1.61. The highest BCUT2D eigenvalue weighted by molar-refractivity contribution is 5.91. The number of aromatic nitrogens is 3. The molecule has 26 heavy (non-hydrogen) atoms. The second kappa shape index (κ2) is 7.27. The molecular formula is C19H23N5O2. The third-order valence-electron chi connectivity index (χ3n) is 5.05. The van der Waals surface area contributed by atoms with Crippen molar-refractivity contribution in [2.75, 3.05) is 6.54 Å². The van der Waals surface area contributed by atoms with Gasteiger partial charge in [-0.3, -0.25) is 9.59 Å². The Morgan fingerprint density at radius 2 is 1.96 bits per heavy atom. The van der Waals surface area contributed by atoms with E-state index in [9.17, 15) is 9.59 Å². The van der Waals surface area contributed by atoms with E-state index in [4.69, 9.17) is 0 Å². The van der Waals surface area contributed by atoms with Crippen LogP contribution < -0.4 is 5.32 Å². The minimum Gasteiger partial charge on any atom is -0.347 e. The molecule has 1 aliphatic heterocycles. The van der Waals surface area contributed by atoms with E-state index in [1.807, 2.05) is 35.2 Å². The lowest BCUT2D eigenvalue weighted by atomic mass is 10.2. The van der Waals surface area contributed by atoms with Gasteiger partial charge in [0.05, 0.1) is 18.8 Å².